The van der Waals surface area contributed by atoms with Crippen LogP contribution in [0.4, 0.5) is 0 Å². The molecule has 1 fully saturated rings. The van der Waals surface area contributed by atoms with Crippen molar-refractivity contribution in [1.29, 1.82) is 0 Å². The quantitative estimate of drug-likeness (QED) is 0.453. The molecule has 162 valence electrons. The molecular formula is C26H26N4OS. The molecule has 1 N–H and O–H groups in total. The molecule has 5 nitrogen and oxygen atoms in total. The van der Waals surface area contributed by atoms with Crippen LogP contribution in [0.15, 0.2) is 78.4 Å². The summed E-state index contributed by atoms with van der Waals surface area (Å²) in [5.41, 5.74) is 3.26. The van der Waals surface area contributed by atoms with Gasteiger partial charge in [-0.3, -0.25) is 19.7 Å². The van der Waals surface area contributed by atoms with Crippen molar-refractivity contribution in [3.63, 3.8) is 0 Å². The summed E-state index contributed by atoms with van der Waals surface area (Å²) in [4.78, 5) is 25.2. The normalized spacial score (nSPS) is 17.8. The average molecular weight is 443 g/mol. The van der Waals surface area contributed by atoms with E-state index in [0.717, 1.165) is 48.6 Å². The molecule has 3 aromatic heterocycles. The molecule has 5 rings (SSSR count). The Morgan fingerprint density at radius 3 is 2.84 bits per heavy atom. The molecule has 1 amide bonds. The van der Waals surface area contributed by atoms with E-state index >= 15 is 0 Å². The smallest absolute Gasteiger partial charge is 0.261 e. The maximum absolute atomic E-state index is 12.9. The zero-order valence-corrected chi connectivity index (χ0v) is 18.7. The number of aromatic nitrogens is 2. The molecule has 1 aliphatic rings. The Labute approximate surface area is 192 Å². The second-order valence-corrected chi connectivity index (χ2v) is 9.26. The summed E-state index contributed by atoms with van der Waals surface area (Å²) in [6.45, 7) is 2.86. The van der Waals surface area contributed by atoms with Gasteiger partial charge in [0.1, 0.15) is 0 Å². The molecule has 4 heterocycles. The molecule has 0 bridgehead atoms. The number of hydrogen-bond acceptors (Lipinski definition) is 5. The summed E-state index contributed by atoms with van der Waals surface area (Å²) in [5.74, 6) is 0.281. The predicted octanol–water partition coefficient (Wildman–Crippen LogP) is 5.07. The van der Waals surface area contributed by atoms with E-state index in [1.807, 2.05) is 54.2 Å². The van der Waals surface area contributed by atoms with Gasteiger partial charge in [-0.05, 0) is 66.6 Å². The Bertz CT molecular complexity index is 1170. The Hall–Kier alpha value is -3.09. The molecule has 0 saturated carbocycles. The number of carbonyl (C=O) groups is 1. The monoisotopic (exact) mass is 442 g/mol. The molecule has 1 aliphatic heterocycles. The number of thiophene rings is 1. The number of benzene rings is 1. The van der Waals surface area contributed by atoms with Crippen molar-refractivity contribution in [3.8, 4) is 0 Å². The molecule has 4 aromatic rings. The summed E-state index contributed by atoms with van der Waals surface area (Å²) < 4.78 is 0. The summed E-state index contributed by atoms with van der Waals surface area (Å²) in [6.07, 6.45) is 5.82. The van der Waals surface area contributed by atoms with Gasteiger partial charge in [0, 0.05) is 30.9 Å². The maximum atomic E-state index is 12.9. The first kappa shape index (κ1) is 20.8. The van der Waals surface area contributed by atoms with Gasteiger partial charge in [0.2, 0.25) is 0 Å². The van der Waals surface area contributed by atoms with Gasteiger partial charge < -0.3 is 5.32 Å². The highest BCUT2D eigenvalue weighted by molar-refractivity contribution is 7.12. The number of likely N-dealkylation sites (tertiary alicyclic amines) is 1. The van der Waals surface area contributed by atoms with Gasteiger partial charge in [-0.1, -0.05) is 30.3 Å². The number of rotatable bonds is 6. The molecule has 0 spiro atoms. The number of nitrogens with zero attached hydrogens (tertiary/aromatic N) is 3. The fourth-order valence-electron chi connectivity index (χ4n) is 4.67. The molecule has 0 unspecified atom stereocenters. The highest BCUT2D eigenvalue weighted by Gasteiger charge is 2.31. The molecule has 6 heteroatoms. The fraction of sp³-hybridized carbons (Fsp3) is 0.269. The molecule has 0 radical (unpaired) electrons. The van der Waals surface area contributed by atoms with Gasteiger partial charge in [-0.15, -0.1) is 11.3 Å². The van der Waals surface area contributed by atoms with Gasteiger partial charge in [0.15, 0.2) is 0 Å². The predicted molar refractivity (Wildman–Crippen MR) is 129 cm³/mol. The molecule has 1 saturated heterocycles. The highest BCUT2D eigenvalue weighted by atomic mass is 32.1. The van der Waals surface area contributed by atoms with Crippen molar-refractivity contribution < 1.29 is 4.79 Å². The van der Waals surface area contributed by atoms with E-state index in [2.05, 4.69) is 44.5 Å². The first-order valence-electron chi connectivity index (χ1n) is 11.1. The Balaban J connectivity index is 1.36. The van der Waals surface area contributed by atoms with E-state index in [0.29, 0.717) is 5.92 Å². The zero-order valence-electron chi connectivity index (χ0n) is 17.9. The molecule has 1 aromatic carbocycles. The SMILES string of the molecule is O=C(N[C@@H](c1ccccn1)[C@H]1CCCN(Cc2cccc3ncccc23)C1)c1cccs1. The van der Waals surface area contributed by atoms with Crippen LogP contribution in [0, 0.1) is 5.92 Å². The van der Waals surface area contributed by atoms with Gasteiger partial charge in [0.05, 0.1) is 22.1 Å². The van der Waals surface area contributed by atoms with Crippen LogP contribution in [0.5, 0.6) is 0 Å². The summed E-state index contributed by atoms with van der Waals surface area (Å²) in [5, 5.41) is 6.44. The number of pyridine rings is 2. The van der Waals surface area contributed by atoms with Crippen LogP contribution < -0.4 is 5.32 Å². The third-order valence-electron chi connectivity index (χ3n) is 6.18. The van der Waals surface area contributed by atoms with E-state index in [1.54, 1.807) is 0 Å². The molecular weight excluding hydrogens is 416 g/mol. The summed E-state index contributed by atoms with van der Waals surface area (Å²) >= 11 is 1.47. The number of piperidine rings is 1. The van der Waals surface area contributed by atoms with Gasteiger partial charge >= 0.3 is 0 Å². The van der Waals surface area contributed by atoms with E-state index < -0.39 is 0 Å². The average Bonchev–Trinajstić information content (AvgIpc) is 3.39. The minimum Gasteiger partial charge on any atom is -0.343 e. The van der Waals surface area contributed by atoms with E-state index in [1.165, 1.54) is 22.3 Å². The van der Waals surface area contributed by atoms with Crippen LogP contribution in [0.3, 0.4) is 0 Å². The number of carbonyl (C=O) groups excluding carboxylic acids is 1. The van der Waals surface area contributed by atoms with Crippen molar-refractivity contribution in [2.24, 2.45) is 5.92 Å². The van der Waals surface area contributed by atoms with Crippen molar-refractivity contribution in [3.05, 3.63) is 94.6 Å². The Morgan fingerprint density at radius 1 is 1.06 bits per heavy atom. The van der Waals surface area contributed by atoms with Crippen LogP contribution in [-0.4, -0.2) is 33.9 Å². The third kappa shape index (κ3) is 4.56. The molecule has 32 heavy (non-hydrogen) atoms. The van der Waals surface area contributed by atoms with Crippen molar-refractivity contribution in [1.82, 2.24) is 20.2 Å². The van der Waals surface area contributed by atoms with Gasteiger partial charge in [-0.2, -0.15) is 0 Å². The van der Waals surface area contributed by atoms with E-state index in [-0.39, 0.29) is 11.9 Å². The lowest BCUT2D eigenvalue weighted by molar-refractivity contribution is 0.0879. The minimum absolute atomic E-state index is 0.0205. The summed E-state index contributed by atoms with van der Waals surface area (Å²) in [6, 6.07) is 20.1. The fourth-order valence-corrected chi connectivity index (χ4v) is 5.29. The second kappa shape index (κ2) is 9.59. The molecule has 0 aliphatic carbocycles. The number of nitrogens with one attached hydrogen (secondary N) is 1. The van der Waals surface area contributed by atoms with Crippen LogP contribution >= 0.6 is 11.3 Å². The Kier molecular flexibility index (Phi) is 6.23. The number of fused-ring (bicyclic) bond motifs is 1. The Morgan fingerprint density at radius 2 is 2.00 bits per heavy atom. The minimum atomic E-state index is -0.109. The van der Waals surface area contributed by atoms with Crippen molar-refractivity contribution in [2.75, 3.05) is 13.1 Å². The second-order valence-electron chi connectivity index (χ2n) is 8.31. The highest BCUT2D eigenvalue weighted by Crippen LogP contribution is 2.31. The lowest BCUT2D eigenvalue weighted by atomic mass is 9.88. The van der Waals surface area contributed by atoms with Gasteiger partial charge in [0.25, 0.3) is 5.91 Å². The summed E-state index contributed by atoms with van der Waals surface area (Å²) in [7, 11) is 0. The number of hydrogen-bond donors (Lipinski definition) is 1. The van der Waals surface area contributed by atoms with Crippen molar-refractivity contribution >= 4 is 28.1 Å². The molecule has 2 atom stereocenters. The lowest BCUT2D eigenvalue weighted by Crippen LogP contribution is -2.43. The van der Waals surface area contributed by atoms with Crippen molar-refractivity contribution in [2.45, 2.75) is 25.4 Å². The van der Waals surface area contributed by atoms with Crippen LogP contribution in [0.1, 0.15) is 39.8 Å². The van der Waals surface area contributed by atoms with E-state index in [4.69, 9.17) is 0 Å². The van der Waals surface area contributed by atoms with Crippen LogP contribution in [-0.2, 0) is 6.54 Å². The topological polar surface area (TPSA) is 58.1 Å². The lowest BCUT2D eigenvalue weighted by Gasteiger charge is -2.37. The third-order valence-corrected chi connectivity index (χ3v) is 7.05. The zero-order chi connectivity index (χ0) is 21.8. The maximum Gasteiger partial charge on any atom is 0.261 e. The largest absolute Gasteiger partial charge is 0.343 e. The first-order valence-corrected chi connectivity index (χ1v) is 12.0. The van der Waals surface area contributed by atoms with E-state index in [9.17, 15) is 4.79 Å². The van der Waals surface area contributed by atoms with Crippen LogP contribution in [0.2, 0.25) is 0 Å². The standard InChI is InChI=1S/C26H26N4OS/c31-26(24-12-6-16-32-24)29-25(23-10-1-2-13-28-23)20-8-5-15-30(18-20)17-19-7-3-11-22-21(19)9-4-14-27-22/h1-4,6-7,9-14,16,20,25H,5,8,15,17-18H2,(H,29,31)/t20-,25+/m0/s1. The van der Waals surface area contributed by atoms with Gasteiger partial charge in [-0.25, -0.2) is 0 Å². The van der Waals surface area contributed by atoms with Crippen LogP contribution in [0.25, 0.3) is 10.9 Å². The number of amides is 1. The first-order chi connectivity index (χ1) is 15.8.